The molecule has 0 saturated carbocycles. The van der Waals surface area contributed by atoms with E-state index in [0.29, 0.717) is 0 Å². The van der Waals surface area contributed by atoms with E-state index in [4.69, 9.17) is 16.6 Å². The summed E-state index contributed by atoms with van der Waals surface area (Å²) in [6, 6.07) is -1.44. The number of carboxylic acids is 1. The van der Waals surface area contributed by atoms with Gasteiger partial charge in [0, 0.05) is 0 Å². The zero-order valence-electron chi connectivity index (χ0n) is 5.46. The molecule has 0 fully saturated rings. The van der Waals surface area contributed by atoms with Crippen molar-refractivity contribution in [1.29, 1.82) is 0 Å². The SMILES string of the molecule is NCCC(F)[C@@H](N)C(=O)O. The fraction of sp³-hybridized carbons (Fsp3) is 0.800. The van der Waals surface area contributed by atoms with Crippen LogP contribution in [0.25, 0.3) is 0 Å². The van der Waals surface area contributed by atoms with Crippen molar-refractivity contribution in [2.75, 3.05) is 6.54 Å². The first-order valence-electron chi connectivity index (χ1n) is 2.92. The largest absolute Gasteiger partial charge is 0.480 e. The lowest BCUT2D eigenvalue weighted by molar-refractivity contribution is -0.140. The summed E-state index contributed by atoms with van der Waals surface area (Å²) in [5.74, 6) is -1.33. The molecular weight excluding hydrogens is 139 g/mol. The number of halogens is 1. The Morgan fingerprint density at radius 2 is 2.20 bits per heavy atom. The molecule has 0 amide bonds. The average molecular weight is 150 g/mol. The molecule has 0 spiro atoms. The molecule has 0 aromatic rings. The minimum absolute atomic E-state index is 0.00648. The summed E-state index contributed by atoms with van der Waals surface area (Å²) >= 11 is 0. The summed E-state index contributed by atoms with van der Waals surface area (Å²) in [5.41, 5.74) is 9.89. The van der Waals surface area contributed by atoms with Crippen LogP contribution in [0.15, 0.2) is 0 Å². The van der Waals surface area contributed by atoms with E-state index in [2.05, 4.69) is 0 Å². The summed E-state index contributed by atoms with van der Waals surface area (Å²) in [4.78, 5) is 10.0. The van der Waals surface area contributed by atoms with Gasteiger partial charge in [0.2, 0.25) is 0 Å². The molecule has 2 atom stereocenters. The predicted molar refractivity (Wildman–Crippen MR) is 34.2 cm³/mol. The van der Waals surface area contributed by atoms with E-state index in [1.54, 1.807) is 0 Å². The van der Waals surface area contributed by atoms with Crippen LogP contribution in [-0.2, 0) is 4.79 Å². The highest BCUT2D eigenvalue weighted by Crippen LogP contribution is 2.00. The molecule has 0 aliphatic heterocycles. The lowest BCUT2D eigenvalue weighted by Crippen LogP contribution is -2.40. The Hall–Kier alpha value is -0.680. The second kappa shape index (κ2) is 4.19. The normalized spacial score (nSPS) is 16.3. The molecule has 0 saturated heterocycles. The first kappa shape index (κ1) is 9.32. The van der Waals surface area contributed by atoms with Gasteiger partial charge in [0.15, 0.2) is 0 Å². The number of hydrogen-bond acceptors (Lipinski definition) is 3. The van der Waals surface area contributed by atoms with E-state index < -0.39 is 18.2 Å². The third-order valence-electron chi connectivity index (χ3n) is 1.12. The van der Waals surface area contributed by atoms with Crippen LogP contribution in [0.5, 0.6) is 0 Å². The summed E-state index contributed by atoms with van der Waals surface area (Å²) in [7, 11) is 0. The minimum Gasteiger partial charge on any atom is -0.480 e. The Morgan fingerprint density at radius 1 is 1.70 bits per heavy atom. The van der Waals surface area contributed by atoms with E-state index in [0.717, 1.165) is 0 Å². The number of aliphatic carboxylic acids is 1. The van der Waals surface area contributed by atoms with Gasteiger partial charge in [-0.1, -0.05) is 0 Å². The second-order valence-electron chi connectivity index (χ2n) is 1.96. The van der Waals surface area contributed by atoms with Gasteiger partial charge in [-0.3, -0.25) is 4.79 Å². The van der Waals surface area contributed by atoms with E-state index in [1.807, 2.05) is 0 Å². The van der Waals surface area contributed by atoms with Crippen molar-refractivity contribution < 1.29 is 14.3 Å². The van der Waals surface area contributed by atoms with Crippen LogP contribution in [0.4, 0.5) is 4.39 Å². The van der Waals surface area contributed by atoms with E-state index in [1.165, 1.54) is 0 Å². The van der Waals surface area contributed by atoms with E-state index in [9.17, 15) is 9.18 Å². The average Bonchev–Trinajstić information content (AvgIpc) is 1.87. The quantitative estimate of drug-likeness (QED) is 0.483. The van der Waals surface area contributed by atoms with Crippen molar-refractivity contribution in [3.05, 3.63) is 0 Å². The third kappa shape index (κ3) is 2.75. The van der Waals surface area contributed by atoms with Crippen LogP contribution in [0, 0.1) is 0 Å². The topological polar surface area (TPSA) is 89.3 Å². The summed E-state index contributed by atoms with van der Waals surface area (Å²) in [5, 5.41) is 8.17. The second-order valence-corrected chi connectivity index (χ2v) is 1.96. The van der Waals surface area contributed by atoms with Crippen LogP contribution in [0.3, 0.4) is 0 Å². The Balaban J connectivity index is 3.69. The molecule has 0 rings (SSSR count). The maximum Gasteiger partial charge on any atom is 0.323 e. The molecule has 0 aliphatic carbocycles. The standard InChI is InChI=1S/C5H11FN2O2/c6-3(1-2-7)4(8)5(9)10/h3-4H,1-2,7-8H2,(H,9,10)/t3?,4-/m1/s1. The van der Waals surface area contributed by atoms with Gasteiger partial charge in [0.25, 0.3) is 0 Å². The highest BCUT2D eigenvalue weighted by Gasteiger charge is 2.22. The fourth-order valence-electron chi connectivity index (χ4n) is 0.493. The van der Waals surface area contributed by atoms with Gasteiger partial charge in [-0.25, -0.2) is 4.39 Å². The maximum atomic E-state index is 12.5. The molecule has 0 heterocycles. The van der Waals surface area contributed by atoms with Crippen LogP contribution >= 0.6 is 0 Å². The van der Waals surface area contributed by atoms with Crippen molar-refractivity contribution in [3.63, 3.8) is 0 Å². The highest BCUT2D eigenvalue weighted by atomic mass is 19.1. The smallest absolute Gasteiger partial charge is 0.323 e. The number of hydrogen-bond donors (Lipinski definition) is 3. The molecule has 0 aromatic heterocycles. The molecule has 0 bridgehead atoms. The van der Waals surface area contributed by atoms with Crippen molar-refractivity contribution >= 4 is 5.97 Å². The fourth-order valence-corrected chi connectivity index (χ4v) is 0.493. The van der Waals surface area contributed by atoms with Gasteiger partial charge in [-0.2, -0.15) is 0 Å². The Bertz CT molecular complexity index is 120. The van der Waals surface area contributed by atoms with E-state index in [-0.39, 0.29) is 13.0 Å². The van der Waals surface area contributed by atoms with Gasteiger partial charge >= 0.3 is 5.97 Å². The van der Waals surface area contributed by atoms with Crippen LogP contribution in [0.2, 0.25) is 0 Å². The Labute approximate surface area is 58.0 Å². The van der Waals surface area contributed by atoms with Crippen molar-refractivity contribution in [2.45, 2.75) is 18.6 Å². The van der Waals surface area contributed by atoms with Gasteiger partial charge in [0.1, 0.15) is 12.2 Å². The monoisotopic (exact) mass is 150 g/mol. The zero-order chi connectivity index (χ0) is 8.15. The molecular formula is C5H11FN2O2. The maximum absolute atomic E-state index is 12.5. The molecule has 1 unspecified atom stereocenters. The van der Waals surface area contributed by atoms with E-state index >= 15 is 0 Å². The number of nitrogens with two attached hydrogens (primary N) is 2. The van der Waals surface area contributed by atoms with Gasteiger partial charge in [0.05, 0.1) is 0 Å². The predicted octanol–water partition coefficient (Wildman–Crippen LogP) is -0.915. The van der Waals surface area contributed by atoms with Crippen molar-refractivity contribution in [2.24, 2.45) is 11.5 Å². The molecule has 10 heavy (non-hydrogen) atoms. The van der Waals surface area contributed by atoms with Crippen molar-refractivity contribution in [3.8, 4) is 0 Å². The molecule has 5 heteroatoms. The Morgan fingerprint density at radius 3 is 2.50 bits per heavy atom. The van der Waals surface area contributed by atoms with Gasteiger partial charge in [-0.05, 0) is 13.0 Å². The van der Waals surface area contributed by atoms with Crippen LogP contribution in [-0.4, -0.2) is 29.8 Å². The number of carbonyl (C=O) groups is 1. The van der Waals surface area contributed by atoms with Gasteiger partial charge < -0.3 is 16.6 Å². The molecule has 0 radical (unpaired) electrons. The number of rotatable bonds is 4. The van der Waals surface area contributed by atoms with Crippen molar-refractivity contribution in [1.82, 2.24) is 0 Å². The molecule has 5 N–H and O–H groups in total. The number of alkyl halides is 1. The molecule has 0 aromatic carbocycles. The number of carboxylic acid groups (broad SMARTS) is 1. The Kier molecular flexibility index (Phi) is 3.90. The molecule has 0 aliphatic rings. The lowest BCUT2D eigenvalue weighted by atomic mass is 10.1. The third-order valence-corrected chi connectivity index (χ3v) is 1.12. The minimum atomic E-state index is -1.54. The van der Waals surface area contributed by atoms with Crippen LogP contribution in [0.1, 0.15) is 6.42 Å². The first-order chi connectivity index (χ1) is 4.59. The lowest BCUT2D eigenvalue weighted by Gasteiger charge is -2.09. The highest BCUT2D eigenvalue weighted by molar-refractivity contribution is 5.73. The molecule has 4 nitrogen and oxygen atoms in total. The summed E-state index contributed by atoms with van der Waals surface area (Å²) < 4.78 is 12.5. The van der Waals surface area contributed by atoms with Crippen LogP contribution < -0.4 is 11.5 Å². The first-order valence-corrected chi connectivity index (χ1v) is 2.92. The zero-order valence-corrected chi connectivity index (χ0v) is 5.46. The summed E-state index contributed by atoms with van der Waals surface area (Å²) in [6.07, 6.45) is -1.55. The summed E-state index contributed by atoms with van der Waals surface area (Å²) in [6.45, 7) is 0.113. The molecule has 60 valence electrons. The van der Waals surface area contributed by atoms with Gasteiger partial charge in [-0.15, -0.1) is 0 Å².